The lowest BCUT2D eigenvalue weighted by atomic mass is 9.94. The SMILES string of the molecule is CN(C)c1ccn2c(CC3CCNCC3)nc(Br)c2c1. The molecule has 0 spiro atoms. The normalized spacial score (nSPS) is 16.8. The maximum atomic E-state index is 4.73. The van der Waals surface area contributed by atoms with E-state index in [1.54, 1.807) is 0 Å². The molecule has 1 aliphatic rings. The molecule has 1 N–H and O–H groups in total. The molecule has 0 bridgehead atoms. The molecule has 0 amide bonds. The summed E-state index contributed by atoms with van der Waals surface area (Å²) in [6, 6.07) is 4.33. The summed E-state index contributed by atoms with van der Waals surface area (Å²) in [5.74, 6) is 1.92. The lowest BCUT2D eigenvalue weighted by Gasteiger charge is -2.21. The molecule has 3 rings (SSSR count). The van der Waals surface area contributed by atoms with Crippen LogP contribution in [0.1, 0.15) is 18.7 Å². The number of hydrogen-bond acceptors (Lipinski definition) is 3. The average molecular weight is 337 g/mol. The molecule has 0 atom stereocenters. The first-order chi connectivity index (χ1) is 9.65. The van der Waals surface area contributed by atoms with E-state index in [1.807, 2.05) is 0 Å². The fourth-order valence-electron chi connectivity index (χ4n) is 2.86. The quantitative estimate of drug-likeness (QED) is 0.935. The highest BCUT2D eigenvalue weighted by Crippen LogP contribution is 2.26. The van der Waals surface area contributed by atoms with Crippen molar-refractivity contribution in [3.63, 3.8) is 0 Å². The Kier molecular flexibility index (Phi) is 3.98. The number of piperidine rings is 1. The Balaban J connectivity index is 1.91. The van der Waals surface area contributed by atoms with Crippen molar-refractivity contribution in [3.8, 4) is 0 Å². The van der Waals surface area contributed by atoms with E-state index in [0.29, 0.717) is 0 Å². The number of nitrogens with zero attached hydrogens (tertiary/aromatic N) is 3. The van der Waals surface area contributed by atoms with Gasteiger partial charge >= 0.3 is 0 Å². The van der Waals surface area contributed by atoms with Crippen molar-refractivity contribution >= 4 is 27.1 Å². The summed E-state index contributed by atoms with van der Waals surface area (Å²) in [6.07, 6.45) is 5.71. The Morgan fingerprint density at radius 1 is 1.40 bits per heavy atom. The number of nitrogens with one attached hydrogen (secondary N) is 1. The number of imidazole rings is 1. The lowest BCUT2D eigenvalue weighted by Crippen LogP contribution is -2.29. The van der Waals surface area contributed by atoms with Gasteiger partial charge in [-0.1, -0.05) is 0 Å². The third kappa shape index (κ3) is 2.69. The average Bonchev–Trinajstić information content (AvgIpc) is 2.76. The standard InChI is InChI=1S/C15H21BrN4/c1-19(2)12-5-8-20-13(10-12)15(16)18-14(20)9-11-3-6-17-7-4-11/h5,8,10-11,17H,3-4,6-7,9H2,1-2H3. The second-order valence-electron chi connectivity index (χ2n) is 5.75. The molecular formula is C15H21BrN4. The van der Waals surface area contributed by atoms with Gasteiger partial charge in [0.2, 0.25) is 0 Å². The zero-order valence-electron chi connectivity index (χ0n) is 12.1. The van der Waals surface area contributed by atoms with Crippen LogP contribution in [0.4, 0.5) is 5.69 Å². The summed E-state index contributed by atoms with van der Waals surface area (Å²) in [6.45, 7) is 2.28. The highest BCUT2D eigenvalue weighted by Gasteiger charge is 2.18. The summed E-state index contributed by atoms with van der Waals surface area (Å²) in [4.78, 5) is 6.84. The minimum absolute atomic E-state index is 0.752. The molecule has 2 aromatic heterocycles. The van der Waals surface area contributed by atoms with Crippen molar-refractivity contribution in [1.82, 2.24) is 14.7 Å². The molecule has 0 saturated carbocycles. The molecule has 1 fully saturated rings. The van der Waals surface area contributed by atoms with E-state index in [2.05, 4.69) is 63.0 Å². The molecule has 1 saturated heterocycles. The largest absolute Gasteiger partial charge is 0.378 e. The molecule has 0 aromatic carbocycles. The first-order valence-corrected chi connectivity index (χ1v) is 7.99. The smallest absolute Gasteiger partial charge is 0.132 e. The Labute approximate surface area is 128 Å². The third-order valence-corrected chi connectivity index (χ3v) is 4.69. The molecule has 4 nitrogen and oxygen atoms in total. The monoisotopic (exact) mass is 336 g/mol. The molecule has 20 heavy (non-hydrogen) atoms. The van der Waals surface area contributed by atoms with Crippen molar-refractivity contribution in [2.45, 2.75) is 19.3 Å². The second-order valence-corrected chi connectivity index (χ2v) is 6.50. The van der Waals surface area contributed by atoms with Gasteiger partial charge in [-0.05, 0) is 59.9 Å². The van der Waals surface area contributed by atoms with Crippen LogP contribution in [0.3, 0.4) is 0 Å². The van der Waals surface area contributed by atoms with Gasteiger partial charge in [0.25, 0.3) is 0 Å². The van der Waals surface area contributed by atoms with Crippen molar-refractivity contribution in [2.75, 3.05) is 32.1 Å². The van der Waals surface area contributed by atoms with E-state index >= 15 is 0 Å². The minimum Gasteiger partial charge on any atom is -0.378 e. The molecule has 1 aliphatic heterocycles. The summed E-state index contributed by atoms with van der Waals surface area (Å²) < 4.78 is 3.17. The predicted octanol–water partition coefficient (Wildman–Crippen LogP) is 2.70. The lowest BCUT2D eigenvalue weighted by molar-refractivity contribution is 0.367. The van der Waals surface area contributed by atoms with Crippen LogP contribution in [0.5, 0.6) is 0 Å². The number of anilines is 1. The first-order valence-electron chi connectivity index (χ1n) is 7.19. The maximum absolute atomic E-state index is 4.73. The molecular weight excluding hydrogens is 316 g/mol. The van der Waals surface area contributed by atoms with Gasteiger partial charge in [0.15, 0.2) is 0 Å². The van der Waals surface area contributed by atoms with E-state index in [1.165, 1.54) is 24.4 Å². The van der Waals surface area contributed by atoms with Gasteiger partial charge in [0.1, 0.15) is 10.4 Å². The van der Waals surface area contributed by atoms with E-state index in [4.69, 9.17) is 4.98 Å². The Morgan fingerprint density at radius 2 is 2.15 bits per heavy atom. The van der Waals surface area contributed by atoms with Gasteiger partial charge in [0, 0.05) is 32.4 Å². The molecule has 2 aromatic rings. The van der Waals surface area contributed by atoms with E-state index < -0.39 is 0 Å². The zero-order chi connectivity index (χ0) is 14.1. The molecule has 0 aliphatic carbocycles. The number of halogens is 1. The number of aromatic nitrogens is 2. The summed E-state index contributed by atoms with van der Waals surface area (Å²) in [7, 11) is 4.12. The molecule has 0 unspecified atom stereocenters. The fourth-order valence-corrected chi connectivity index (χ4v) is 3.37. The van der Waals surface area contributed by atoms with Gasteiger partial charge in [-0.15, -0.1) is 0 Å². The van der Waals surface area contributed by atoms with E-state index in [9.17, 15) is 0 Å². The van der Waals surface area contributed by atoms with Gasteiger partial charge in [-0.3, -0.25) is 0 Å². The van der Waals surface area contributed by atoms with Crippen LogP contribution in [-0.4, -0.2) is 36.6 Å². The Morgan fingerprint density at radius 3 is 2.85 bits per heavy atom. The number of hydrogen-bond donors (Lipinski definition) is 1. The van der Waals surface area contributed by atoms with Gasteiger partial charge in [0.05, 0.1) is 5.52 Å². The van der Waals surface area contributed by atoms with Crippen LogP contribution in [-0.2, 0) is 6.42 Å². The number of rotatable bonds is 3. The van der Waals surface area contributed by atoms with Crippen LogP contribution in [0.25, 0.3) is 5.52 Å². The molecule has 108 valence electrons. The van der Waals surface area contributed by atoms with Gasteiger partial charge in [-0.25, -0.2) is 4.98 Å². The Bertz CT molecular complexity index is 599. The summed E-state index contributed by atoms with van der Waals surface area (Å²) >= 11 is 3.60. The fraction of sp³-hybridized carbons (Fsp3) is 0.533. The predicted molar refractivity (Wildman–Crippen MR) is 86.5 cm³/mol. The number of fused-ring (bicyclic) bond motifs is 1. The first kappa shape index (κ1) is 13.9. The van der Waals surface area contributed by atoms with Crippen LogP contribution in [0.2, 0.25) is 0 Å². The van der Waals surface area contributed by atoms with E-state index in [-0.39, 0.29) is 0 Å². The molecule has 0 radical (unpaired) electrons. The minimum atomic E-state index is 0.752. The van der Waals surface area contributed by atoms with Crippen molar-refractivity contribution < 1.29 is 0 Å². The van der Waals surface area contributed by atoms with Crippen molar-refractivity contribution in [1.29, 1.82) is 0 Å². The van der Waals surface area contributed by atoms with Crippen LogP contribution >= 0.6 is 15.9 Å². The second kappa shape index (κ2) is 5.74. The van der Waals surface area contributed by atoms with Crippen molar-refractivity contribution in [3.05, 3.63) is 28.8 Å². The van der Waals surface area contributed by atoms with Crippen LogP contribution in [0, 0.1) is 5.92 Å². The van der Waals surface area contributed by atoms with E-state index in [0.717, 1.165) is 35.5 Å². The topological polar surface area (TPSA) is 32.6 Å². The van der Waals surface area contributed by atoms with Gasteiger partial charge in [-0.2, -0.15) is 0 Å². The highest BCUT2D eigenvalue weighted by atomic mass is 79.9. The van der Waals surface area contributed by atoms with Crippen LogP contribution in [0.15, 0.2) is 22.9 Å². The highest BCUT2D eigenvalue weighted by molar-refractivity contribution is 9.10. The Hall–Kier alpha value is -1.07. The number of pyridine rings is 1. The molecule has 5 heteroatoms. The maximum Gasteiger partial charge on any atom is 0.132 e. The zero-order valence-corrected chi connectivity index (χ0v) is 13.7. The van der Waals surface area contributed by atoms with Crippen molar-refractivity contribution in [2.24, 2.45) is 5.92 Å². The van der Waals surface area contributed by atoms with Gasteiger partial charge < -0.3 is 14.6 Å². The molecule has 3 heterocycles. The summed E-state index contributed by atoms with van der Waals surface area (Å²) in [5.41, 5.74) is 2.35. The van der Waals surface area contributed by atoms with Crippen LogP contribution < -0.4 is 10.2 Å². The third-order valence-electron chi connectivity index (χ3n) is 4.10. The summed E-state index contributed by atoms with van der Waals surface area (Å²) in [5, 5.41) is 3.42.